The Labute approximate surface area is 135 Å². The van der Waals surface area contributed by atoms with Crippen LogP contribution in [0.2, 0.25) is 0 Å². The van der Waals surface area contributed by atoms with E-state index < -0.39 is 10.0 Å². The van der Waals surface area contributed by atoms with Crippen molar-refractivity contribution in [3.63, 3.8) is 0 Å². The quantitative estimate of drug-likeness (QED) is 0.742. The second kappa shape index (κ2) is 6.81. The zero-order valence-corrected chi connectivity index (χ0v) is 14.4. The lowest BCUT2D eigenvalue weighted by molar-refractivity contribution is 0.594. The first kappa shape index (κ1) is 16.3. The number of aryl methyl sites for hydroxylation is 2. The predicted octanol–water partition coefficient (Wildman–Crippen LogP) is 4.05. The summed E-state index contributed by atoms with van der Waals surface area (Å²) < 4.78 is 27.3. The van der Waals surface area contributed by atoms with E-state index in [1.165, 1.54) is 15.6 Å². The molecular formula is C15H18ClNO2S2. The van der Waals surface area contributed by atoms with Gasteiger partial charge in [0.15, 0.2) is 0 Å². The highest BCUT2D eigenvalue weighted by Crippen LogP contribution is 2.29. The van der Waals surface area contributed by atoms with Crippen LogP contribution < -0.4 is 4.31 Å². The summed E-state index contributed by atoms with van der Waals surface area (Å²) in [4.78, 5) is 0.989. The number of halogens is 1. The monoisotopic (exact) mass is 343 g/mol. The molecule has 0 bridgehead atoms. The summed E-state index contributed by atoms with van der Waals surface area (Å²) in [6.07, 6.45) is 0.693. The third kappa shape index (κ3) is 3.59. The molecule has 0 saturated carbocycles. The normalized spacial score (nSPS) is 11.6. The lowest BCUT2D eigenvalue weighted by atomic mass is 10.2. The Hall–Kier alpha value is -1.04. The third-order valence-electron chi connectivity index (χ3n) is 3.13. The first-order chi connectivity index (χ1) is 9.98. The van der Waals surface area contributed by atoms with Crippen LogP contribution in [0.4, 0.5) is 5.69 Å². The fraction of sp³-hybridized carbons (Fsp3) is 0.333. The van der Waals surface area contributed by atoms with Gasteiger partial charge >= 0.3 is 0 Å². The van der Waals surface area contributed by atoms with Gasteiger partial charge < -0.3 is 0 Å². The van der Waals surface area contributed by atoms with Crippen LogP contribution in [0.25, 0.3) is 0 Å². The van der Waals surface area contributed by atoms with Gasteiger partial charge in [0.25, 0.3) is 10.0 Å². The van der Waals surface area contributed by atoms with Crippen molar-refractivity contribution in [2.75, 3.05) is 16.7 Å². The van der Waals surface area contributed by atoms with Crippen molar-refractivity contribution in [3.8, 4) is 0 Å². The number of hydrogen-bond donors (Lipinski definition) is 0. The highest BCUT2D eigenvalue weighted by molar-refractivity contribution is 7.94. The van der Waals surface area contributed by atoms with Crippen molar-refractivity contribution in [3.05, 3.63) is 46.8 Å². The van der Waals surface area contributed by atoms with Gasteiger partial charge in [0.2, 0.25) is 0 Å². The summed E-state index contributed by atoms with van der Waals surface area (Å²) in [5, 5.41) is 0. The van der Waals surface area contributed by atoms with E-state index in [1.807, 2.05) is 44.2 Å². The zero-order chi connectivity index (χ0) is 15.5. The molecule has 21 heavy (non-hydrogen) atoms. The van der Waals surface area contributed by atoms with Gasteiger partial charge in [0.1, 0.15) is 4.21 Å². The van der Waals surface area contributed by atoms with Crippen molar-refractivity contribution in [2.24, 2.45) is 0 Å². The summed E-state index contributed by atoms with van der Waals surface area (Å²) in [6.45, 7) is 4.21. The maximum atomic E-state index is 12.8. The van der Waals surface area contributed by atoms with Crippen molar-refractivity contribution in [2.45, 2.75) is 24.5 Å². The predicted molar refractivity (Wildman–Crippen MR) is 90.1 cm³/mol. The molecule has 0 aliphatic carbocycles. The fourth-order valence-corrected chi connectivity index (χ4v) is 5.29. The zero-order valence-electron chi connectivity index (χ0n) is 12.0. The van der Waals surface area contributed by atoms with Crippen LogP contribution in [0, 0.1) is 6.92 Å². The van der Waals surface area contributed by atoms with Crippen molar-refractivity contribution < 1.29 is 8.42 Å². The minimum Gasteiger partial charge on any atom is -0.266 e. The van der Waals surface area contributed by atoms with Gasteiger partial charge in [0.05, 0.1) is 5.69 Å². The first-order valence-electron chi connectivity index (χ1n) is 6.73. The van der Waals surface area contributed by atoms with E-state index in [2.05, 4.69) is 0 Å². The van der Waals surface area contributed by atoms with Crippen LogP contribution in [0.3, 0.4) is 0 Å². The number of thiophene rings is 1. The third-order valence-corrected chi connectivity index (χ3v) is 6.84. The van der Waals surface area contributed by atoms with Crippen LogP contribution in [0.5, 0.6) is 0 Å². The molecule has 0 N–H and O–H groups in total. The van der Waals surface area contributed by atoms with Gasteiger partial charge in [0, 0.05) is 17.3 Å². The molecule has 0 spiro atoms. The Bertz CT molecular complexity index is 693. The Morgan fingerprint density at radius 1 is 1.14 bits per heavy atom. The molecule has 2 aromatic rings. The van der Waals surface area contributed by atoms with Crippen molar-refractivity contribution >= 4 is 38.6 Å². The molecule has 1 aromatic carbocycles. The van der Waals surface area contributed by atoms with Gasteiger partial charge in [-0.05, 0) is 44.5 Å². The lowest BCUT2D eigenvalue weighted by Crippen LogP contribution is -2.30. The second-order valence-electron chi connectivity index (χ2n) is 4.67. The van der Waals surface area contributed by atoms with E-state index in [1.54, 1.807) is 6.07 Å². The highest BCUT2D eigenvalue weighted by Gasteiger charge is 2.25. The number of hydrogen-bond acceptors (Lipinski definition) is 3. The average Bonchev–Trinajstić information content (AvgIpc) is 2.91. The van der Waals surface area contributed by atoms with Gasteiger partial charge in [-0.15, -0.1) is 22.9 Å². The Morgan fingerprint density at radius 3 is 2.38 bits per heavy atom. The first-order valence-corrected chi connectivity index (χ1v) is 9.52. The summed E-state index contributed by atoms with van der Waals surface area (Å²) >= 11 is 7.00. The van der Waals surface area contributed by atoms with Gasteiger partial charge in [-0.2, -0.15) is 0 Å². The molecule has 114 valence electrons. The van der Waals surface area contributed by atoms with Crippen LogP contribution >= 0.6 is 22.9 Å². The Balaban J connectivity index is 2.36. The minimum absolute atomic E-state index is 0.366. The molecule has 0 saturated heterocycles. The van der Waals surface area contributed by atoms with Crippen molar-refractivity contribution in [1.29, 1.82) is 0 Å². The number of nitrogens with zero attached hydrogens (tertiary/aromatic N) is 1. The molecule has 1 aromatic heterocycles. The van der Waals surface area contributed by atoms with Gasteiger partial charge in [-0.25, -0.2) is 8.42 Å². The topological polar surface area (TPSA) is 37.4 Å². The molecule has 2 rings (SSSR count). The lowest BCUT2D eigenvalue weighted by Gasteiger charge is -2.22. The smallest absolute Gasteiger partial charge is 0.266 e. The maximum absolute atomic E-state index is 12.8. The molecule has 0 aliphatic heterocycles. The van der Waals surface area contributed by atoms with E-state index in [9.17, 15) is 8.42 Å². The molecule has 0 aliphatic rings. The molecule has 0 unspecified atom stereocenters. The van der Waals surface area contributed by atoms with E-state index >= 15 is 0 Å². The SMILES string of the molecule is CCN(c1ccc(C)cc1)S(=O)(=O)c1ccc(CCCl)s1. The molecule has 3 nitrogen and oxygen atoms in total. The summed E-state index contributed by atoms with van der Waals surface area (Å²) in [6, 6.07) is 11.0. The van der Waals surface area contributed by atoms with E-state index in [4.69, 9.17) is 11.6 Å². The Morgan fingerprint density at radius 2 is 1.81 bits per heavy atom. The molecule has 6 heteroatoms. The number of rotatable bonds is 6. The average molecular weight is 344 g/mol. The minimum atomic E-state index is -3.51. The summed E-state index contributed by atoms with van der Waals surface area (Å²) in [5.41, 5.74) is 1.79. The highest BCUT2D eigenvalue weighted by atomic mass is 35.5. The summed E-state index contributed by atoms with van der Waals surface area (Å²) in [7, 11) is -3.51. The number of alkyl halides is 1. The second-order valence-corrected chi connectivity index (χ2v) is 8.30. The summed E-state index contributed by atoms with van der Waals surface area (Å²) in [5.74, 6) is 0.495. The Kier molecular flexibility index (Phi) is 5.30. The number of benzene rings is 1. The fourth-order valence-electron chi connectivity index (χ4n) is 2.04. The van der Waals surface area contributed by atoms with Gasteiger partial charge in [-0.1, -0.05) is 17.7 Å². The van der Waals surface area contributed by atoms with Gasteiger partial charge in [-0.3, -0.25) is 4.31 Å². The number of sulfonamides is 1. The molecule has 0 radical (unpaired) electrons. The van der Waals surface area contributed by atoms with E-state index in [-0.39, 0.29) is 0 Å². The molecule has 0 amide bonds. The molecule has 0 atom stereocenters. The van der Waals surface area contributed by atoms with E-state index in [0.29, 0.717) is 28.7 Å². The molecule has 1 heterocycles. The molecular weight excluding hydrogens is 326 g/mol. The number of anilines is 1. The molecule has 0 fully saturated rings. The van der Waals surface area contributed by atoms with Crippen LogP contribution in [-0.2, 0) is 16.4 Å². The standard InChI is InChI=1S/C15H18ClNO2S2/c1-3-17(13-6-4-12(2)5-7-13)21(18,19)15-9-8-14(20-15)10-11-16/h4-9H,3,10-11H2,1-2H3. The largest absolute Gasteiger partial charge is 0.273 e. The van der Waals surface area contributed by atoms with E-state index in [0.717, 1.165) is 10.4 Å². The maximum Gasteiger partial charge on any atom is 0.273 e. The van der Waals surface area contributed by atoms with Crippen LogP contribution in [0.1, 0.15) is 17.4 Å². The van der Waals surface area contributed by atoms with Crippen LogP contribution in [0.15, 0.2) is 40.6 Å². The van der Waals surface area contributed by atoms with Crippen LogP contribution in [-0.4, -0.2) is 20.8 Å². The van der Waals surface area contributed by atoms with Crippen molar-refractivity contribution in [1.82, 2.24) is 0 Å².